The molecule has 9 nitrogen and oxygen atoms in total. The van der Waals surface area contributed by atoms with Gasteiger partial charge in [0, 0.05) is 33.4 Å². The van der Waals surface area contributed by atoms with Crippen molar-refractivity contribution < 1.29 is 9.59 Å². The van der Waals surface area contributed by atoms with Crippen molar-refractivity contribution in [3.8, 4) is 0 Å². The number of urea groups is 1. The third-order valence-corrected chi connectivity index (χ3v) is 5.24. The Hall–Kier alpha value is -2.58. The molecule has 3 rings (SSSR count). The molecule has 136 valence electrons. The summed E-state index contributed by atoms with van der Waals surface area (Å²) < 4.78 is 1.83. The first-order valence-corrected chi connectivity index (χ1v) is 8.50. The first-order chi connectivity index (χ1) is 11.9. The molecule has 0 aliphatic carbocycles. The van der Waals surface area contributed by atoms with Gasteiger partial charge in [0.2, 0.25) is 0 Å². The van der Waals surface area contributed by atoms with Crippen LogP contribution >= 0.6 is 0 Å². The number of piperidine rings is 1. The Bertz CT molecular complexity index is 690. The van der Waals surface area contributed by atoms with Gasteiger partial charge in [-0.1, -0.05) is 0 Å². The Morgan fingerprint density at radius 2 is 2.16 bits per heavy atom. The fourth-order valence-electron chi connectivity index (χ4n) is 3.59. The Kier molecular flexibility index (Phi) is 4.65. The summed E-state index contributed by atoms with van der Waals surface area (Å²) in [6, 6.07) is 1.57. The maximum Gasteiger partial charge on any atom is 0.322 e. The summed E-state index contributed by atoms with van der Waals surface area (Å²) in [5.74, 6) is 0.727. The summed E-state index contributed by atoms with van der Waals surface area (Å²) in [5.41, 5.74) is 0.267. The number of carbonyl (C=O) groups is 2. The second kappa shape index (κ2) is 6.73. The smallest absolute Gasteiger partial charge is 0.322 e. The van der Waals surface area contributed by atoms with Gasteiger partial charge in [0.25, 0.3) is 5.91 Å². The number of aryl methyl sites for hydroxylation is 1. The van der Waals surface area contributed by atoms with Gasteiger partial charge in [0.1, 0.15) is 5.54 Å². The largest absolute Gasteiger partial charge is 0.351 e. The maximum absolute atomic E-state index is 12.1. The number of aliphatic imine (C=N–C) groups is 1. The molecule has 2 saturated heterocycles. The van der Waals surface area contributed by atoms with Gasteiger partial charge in [-0.05, 0) is 31.7 Å². The number of rotatable bonds is 3. The number of nitrogens with one attached hydrogen (secondary N) is 3. The molecular weight excluding hydrogens is 322 g/mol. The number of hydrogen-bond acceptors (Lipinski definition) is 4. The van der Waals surface area contributed by atoms with Gasteiger partial charge in [-0.3, -0.25) is 19.8 Å². The molecule has 1 atom stereocenters. The second-order valence-corrected chi connectivity index (χ2v) is 6.72. The van der Waals surface area contributed by atoms with Crippen molar-refractivity contribution in [3.05, 3.63) is 18.0 Å². The SMILES string of the molecule is CN=C(NCc1ccnn1C)N1CCC(C2(C)NC(=O)NC2=O)CC1. The first kappa shape index (κ1) is 17.2. The zero-order valence-electron chi connectivity index (χ0n) is 14.9. The van der Waals surface area contributed by atoms with E-state index in [2.05, 4.69) is 30.9 Å². The Labute approximate surface area is 146 Å². The van der Waals surface area contributed by atoms with Crippen LogP contribution in [0.15, 0.2) is 17.3 Å². The topological polar surface area (TPSA) is 104 Å². The van der Waals surface area contributed by atoms with Crippen molar-refractivity contribution in [1.29, 1.82) is 0 Å². The summed E-state index contributed by atoms with van der Waals surface area (Å²) >= 11 is 0. The second-order valence-electron chi connectivity index (χ2n) is 6.72. The molecule has 1 aromatic heterocycles. The minimum Gasteiger partial charge on any atom is -0.351 e. The molecule has 0 bridgehead atoms. The van der Waals surface area contributed by atoms with E-state index in [0.29, 0.717) is 6.54 Å². The number of imide groups is 1. The van der Waals surface area contributed by atoms with Crippen LogP contribution in [0.4, 0.5) is 4.79 Å². The van der Waals surface area contributed by atoms with E-state index in [1.165, 1.54) is 0 Å². The van der Waals surface area contributed by atoms with Crippen LogP contribution in [0, 0.1) is 5.92 Å². The highest BCUT2D eigenvalue weighted by molar-refractivity contribution is 6.07. The zero-order valence-corrected chi connectivity index (χ0v) is 14.9. The number of amides is 3. The van der Waals surface area contributed by atoms with Gasteiger partial charge >= 0.3 is 6.03 Å². The standard InChI is InChI=1S/C16H25N7O2/c1-16(13(24)20-15(25)21-16)11-5-8-23(9-6-11)14(17-2)18-10-12-4-7-19-22(12)3/h4,7,11H,5-6,8-10H2,1-3H3,(H,17,18)(H2,20,21,24,25). The van der Waals surface area contributed by atoms with Crippen LogP contribution in [-0.2, 0) is 18.4 Å². The van der Waals surface area contributed by atoms with Crippen LogP contribution in [-0.4, -0.2) is 58.3 Å². The monoisotopic (exact) mass is 347 g/mol. The molecule has 9 heteroatoms. The molecule has 1 aromatic rings. The van der Waals surface area contributed by atoms with Gasteiger partial charge in [0.15, 0.2) is 5.96 Å². The number of aromatic nitrogens is 2. The lowest BCUT2D eigenvalue weighted by Gasteiger charge is -2.39. The fraction of sp³-hybridized carbons (Fsp3) is 0.625. The first-order valence-electron chi connectivity index (χ1n) is 8.50. The number of likely N-dealkylation sites (tertiary alicyclic amines) is 1. The molecule has 2 fully saturated rings. The highest BCUT2D eigenvalue weighted by Gasteiger charge is 2.48. The van der Waals surface area contributed by atoms with Crippen molar-refractivity contribution >= 4 is 17.9 Å². The summed E-state index contributed by atoms with van der Waals surface area (Å²) in [6.07, 6.45) is 3.40. The van der Waals surface area contributed by atoms with E-state index in [1.807, 2.05) is 24.7 Å². The lowest BCUT2D eigenvalue weighted by molar-refractivity contribution is -0.125. The number of nitrogens with zero attached hydrogens (tertiary/aromatic N) is 4. The minimum absolute atomic E-state index is 0.116. The molecule has 0 saturated carbocycles. The van der Waals surface area contributed by atoms with Crippen molar-refractivity contribution in [3.63, 3.8) is 0 Å². The summed E-state index contributed by atoms with van der Waals surface area (Å²) in [6.45, 7) is 4.03. The normalized spacial score (nSPS) is 25.1. The van der Waals surface area contributed by atoms with Crippen molar-refractivity contribution in [2.24, 2.45) is 18.0 Å². The van der Waals surface area contributed by atoms with Crippen molar-refractivity contribution in [1.82, 2.24) is 30.6 Å². The maximum atomic E-state index is 12.1. The molecule has 0 spiro atoms. The van der Waals surface area contributed by atoms with Crippen molar-refractivity contribution in [2.45, 2.75) is 31.8 Å². The van der Waals surface area contributed by atoms with E-state index in [0.717, 1.165) is 37.6 Å². The molecule has 3 heterocycles. The number of hydrogen-bond donors (Lipinski definition) is 3. The van der Waals surface area contributed by atoms with E-state index in [4.69, 9.17) is 0 Å². The third-order valence-electron chi connectivity index (χ3n) is 5.24. The Morgan fingerprint density at radius 1 is 1.44 bits per heavy atom. The van der Waals surface area contributed by atoms with Gasteiger partial charge in [-0.25, -0.2) is 4.79 Å². The quantitative estimate of drug-likeness (QED) is 0.399. The molecule has 3 N–H and O–H groups in total. The summed E-state index contributed by atoms with van der Waals surface area (Å²) in [5, 5.41) is 12.6. The number of carbonyl (C=O) groups excluding carboxylic acids is 2. The van der Waals surface area contributed by atoms with Gasteiger partial charge in [0.05, 0.1) is 12.2 Å². The summed E-state index contributed by atoms with van der Waals surface area (Å²) in [4.78, 5) is 30.1. The highest BCUT2D eigenvalue weighted by Crippen LogP contribution is 2.30. The van der Waals surface area contributed by atoms with Crippen LogP contribution < -0.4 is 16.0 Å². The predicted molar refractivity (Wildman–Crippen MR) is 92.8 cm³/mol. The Morgan fingerprint density at radius 3 is 2.68 bits per heavy atom. The third kappa shape index (κ3) is 3.31. The minimum atomic E-state index is -0.811. The highest BCUT2D eigenvalue weighted by atomic mass is 16.2. The summed E-state index contributed by atoms with van der Waals surface area (Å²) in [7, 11) is 3.68. The molecule has 2 aliphatic rings. The van der Waals surface area contributed by atoms with Crippen LogP contribution in [0.2, 0.25) is 0 Å². The van der Waals surface area contributed by atoms with E-state index in [9.17, 15) is 9.59 Å². The fourth-order valence-corrected chi connectivity index (χ4v) is 3.59. The molecule has 0 aromatic carbocycles. The molecule has 0 radical (unpaired) electrons. The number of guanidine groups is 1. The molecule has 1 unspecified atom stereocenters. The van der Waals surface area contributed by atoms with Crippen LogP contribution in [0.3, 0.4) is 0 Å². The van der Waals surface area contributed by atoms with E-state index < -0.39 is 11.6 Å². The van der Waals surface area contributed by atoms with Crippen LogP contribution in [0.5, 0.6) is 0 Å². The van der Waals surface area contributed by atoms with Crippen LogP contribution in [0.25, 0.3) is 0 Å². The average molecular weight is 347 g/mol. The zero-order chi connectivity index (χ0) is 18.0. The van der Waals surface area contributed by atoms with E-state index >= 15 is 0 Å². The van der Waals surface area contributed by atoms with Gasteiger partial charge < -0.3 is 15.5 Å². The Balaban J connectivity index is 1.56. The average Bonchev–Trinajstić information content (AvgIpc) is 3.12. The molecular formula is C16H25N7O2. The molecule has 25 heavy (non-hydrogen) atoms. The van der Waals surface area contributed by atoms with Gasteiger partial charge in [-0.15, -0.1) is 0 Å². The van der Waals surface area contributed by atoms with E-state index in [-0.39, 0.29) is 11.8 Å². The molecule has 2 aliphatic heterocycles. The predicted octanol–water partition coefficient (Wildman–Crippen LogP) is -0.194. The molecule has 3 amide bonds. The van der Waals surface area contributed by atoms with Crippen molar-refractivity contribution in [2.75, 3.05) is 20.1 Å². The lowest BCUT2D eigenvalue weighted by Crippen LogP contribution is -2.55. The van der Waals surface area contributed by atoms with Gasteiger partial charge in [-0.2, -0.15) is 5.10 Å². The van der Waals surface area contributed by atoms with E-state index in [1.54, 1.807) is 13.2 Å². The van der Waals surface area contributed by atoms with Crippen LogP contribution in [0.1, 0.15) is 25.5 Å². The lowest BCUT2D eigenvalue weighted by atomic mass is 9.79.